The molecule has 7 N–H and O–H groups in total. The maximum atomic E-state index is 10.3. The Morgan fingerprint density at radius 1 is 1.04 bits per heavy atom. The van der Waals surface area contributed by atoms with Gasteiger partial charge >= 0.3 is 17.9 Å². The summed E-state index contributed by atoms with van der Waals surface area (Å²) in [4.78, 5) is 30.5. The number of aliphatic hydroxyl groups excluding tert-OH is 1. The topological polar surface area (TPSA) is 178 Å². The van der Waals surface area contributed by atoms with Crippen LogP contribution >= 0.6 is 0 Å². The van der Waals surface area contributed by atoms with Crippen molar-refractivity contribution in [1.29, 1.82) is 0 Å². The Hall–Kier alpha value is -2.49. The third-order valence-electron chi connectivity index (χ3n) is 2.92. The smallest absolute Gasteiger partial charge is 0.336 e. The molecule has 9 nitrogen and oxygen atoms in total. The summed E-state index contributed by atoms with van der Waals surface area (Å²) in [5.41, 5.74) is 3.66. The Morgan fingerprint density at radius 2 is 1.46 bits per heavy atom. The van der Waals surface area contributed by atoms with Gasteiger partial charge < -0.3 is 31.3 Å². The lowest BCUT2D eigenvalue weighted by Crippen LogP contribution is -2.42. The SMILES string of the molecule is CC(N)C(O)c1ccccc1.O=C(O)CC(O)(CC(=O)O)C(=O)O. The number of hydrogen-bond donors (Lipinski definition) is 6. The molecular formula is C15H21NO8. The maximum absolute atomic E-state index is 10.3. The van der Waals surface area contributed by atoms with Gasteiger partial charge in [0.05, 0.1) is 18.9 Å². The Bertz CT molecular complexity index is 542. The van der Waals surface area contributed by atoms with E-state index in [1.165, 1.54) is 0 Å². The van der Waals surface area contributed by atoms with Crippen LogP contribution in [0.3, 0.4) is 0 Å². The molecular weight excluding hydrogens is 322 g/mol. The second-order valence-corrected chi connectivity index (χ2v) is 5.19. The van der Waals surface area contributed by atoms with Crippen LogP contribution in [-0.2, 0) is 14.4 Å². The molecule has 0 bridgehead atoms. The standard InChI is InChI=1S/C9H13NO.C6H8O7/c1-7(10)9(11)8-5-3-2-4-6-8;7-3(8)1-6(13,5(11)12)2-4(9)10/h2-7,9,11H,10H2,1H3;13H,1-2H2,(H,7,8)(H,9,10)(H,11,12). The molecule has 2 unspecified atom stereocenters. The largest absolute Gasteiger partial charge is 0.481 e. The summed E-state index contributed by atoms with van der Waals surface area (Å²) < 4.78 is 0. The number of benzene rings is 1. The van der Waals surface area contributed by atoms with Crippen LogP contribution < -0.4 is 5.73 Å². The lowest BCUT2D eigenvalue weighted by atomic mass is 9.96. The second kappa shape index (κ2) is 9.60. The van der Waals surface area contributed by atoms with E-state index < -0.39 is 42.5 Å². The van der Waals surface area contributed by atoms with E-state index in [4.69, 9.17) is 26.2 Å². The zero-order valence-corrected chi connectivity index (χ0v) is 13.0. The molecule has 0 aliphatic carbocycles. The van der Waals surface area contributed by atoms with Gasteiger partial charge in [0.15, 0.2) is 5.60 Å². The molecule has 0 saturated carbocycles. The molecule has 1 rings (SSSR count). The van der Waals surface area contributed by atoms with Crippen molar-refractivity contribution >= 4 is 17.9 Å². The fourth-order valence-corrected chi connectivity index (χ4v) is 1.67. The van der Waals surface area contributed by atoms with Gasteiger partial charge in [-0.1, -0.05) is 30.3 Å². The molecule has 0 spiro atoms. The number of nitrogens with two attached hydrogens (primary N) is 1. The minimum absolute atomic E-state index is 0.211. The summed E-state index contributed by atoms with van der Waals surface area (Å²) in [7, 11) is 0. The van der Waals surface area contributed by atoms with Crippen LogP contribution in [-0.4, -0.2) is 55.1 Å². The first-order chi connectivity index (χ1) is 11.0. The van der Waals surface area contributed by atoms with Crippen LogP contribution in [0.5, 0.6) is 0 Å². The minimum atomic E-state index is -2.74. The van der Waals surface area contributed by atoms with Crippen molar-refractivity contribution in [2.45, 2.75) is 37.5 Å². The number of carboxylic acid groups (broad SMARTS) is 3. The fraction of sp³-hybridized carbons (Fsp3) is 0.400. The summed E-state index contributed by atoms with van der Waals surface area (Å²) in [6.07, 6.45) is -2.83. The van der Waals surface area contributed by atoms with Gasteiger partial charge in [-0.2, -0.15) is 0 Å². The Kier molecular flexibility index (Phi) is 8.61. The van der Waals surface area contributed by atoms with Gasteiger partial charge in [-0.05, 0) is 12.5 Å². The van der Waals surface area contributed by atoms with Crippen LogP contribution in [0.15, 0.2) is 30.3 Å². The van der Waals surface area contributed by atoms with Crippen LogP contribution in [0.1, 0.15) is 31.4 Å². The van der Waals surface area contributed by atoms with Crippen molar-refractivity contribution in [3.05, 3.63) is 35.9 Å². The molecule has 0 aliphatic heterocycles. The van der Waals surface area contributed by atoms with E-state index in [0.29, 0.717) is 0 Å². The number of aliphatic carboxylic acids is 3. The van der Waals surface area contributed by atoms with Gasteiger partial charge in [-0.3, -0.25) is 9.59 Å². The predicted octanol–water partition coefficient (Wildman–Crippen LogP) is -0.181. The van der Waals surface area contributed by atoms with Crippen molar-refractivity contribution < 1.29 is 39.9 Å². The second-order valence-electron chi connectivity index (χ2n) is 5.19. The molecule has 1 aromatic rings. The Morgan fingerprint density at radius 3 is 1.75 bits per heavy atom. The van der Waals surface area contributed by atoms with Crippen molar-refractivity contribution in [3.63, 3.8) is 0 Å². The molecule has 0 aliphatic rings. The van der Waals surface area contributed by atoms with Gasteiger partial charge in [0.1, 0.15) is 0 Å². The highest BCUT2D eigenvalue weighted by molar-refractivity contribution is 5.88. The summed E-state index contributed by atoms with van der Waals surface area (Å²) in [6, 6.07) is 9.22. The van der Waals surface area contributed by atoms with Gasteiger partial charge in [-0.15, -0.1) is 0 Å². The average molecular weight is 343 g/mol. The monoisotopic (exact) mass is 343 g/mol. The molecule has 0 heterocycles. The van der Waals surface area contributed by atoms with E-state index in [2.05, 4.69) is 0 Å². The van der Waals surface area contributed by atoms with Gasteiger partial charge in [0.25, 0.3) is 0 Å². The van der Waals surface area contributed by atoms with E-state index in [0.717, 1.165) is 5.56 Å². The molecule has 134 valence electrons. The number of carbonyl (C=O) groups is 3. The highest BCUT2D eigenvalue weighted by atomic mass is 16.4. The van der Waals surface area contributed by atoms with Crippen molar-refractivity contribution in [1.82, 2.24) is 0 Å². The normalized spacial score (nSPS) is 13.2. The first kappa shape index (κ1) is 21.5. The zero-order chi connectivity index (χ0) is 18.9. The average Bonchev–Trinajstić information content (AvgIpc) is 2.46. The van der Waals surface area contributed by atoms with E-state index in [9.17, 15) is 19.5 Å². The third-order valence-corrected chi connectivity index (χ3v) is 2.92. The molecule has 0 radical (unpaired) electrons. The quantitative estimate of drug-likeness (QED) is 0.391. The summed E-state index contributed by atoms with van der Waals surface area (Å²) >= 11 is 0. The summed E-state index contributed by atoms with van der Waals surface area (Å²) in [5, 5.41) is 43.3. The van der Waals surface area contributed by atoms with E-state index in [1.54, 1.807) is 6.92 Å². The third kappa shape index (κ3) is 7.68. The first-order valence-corrected chi connectivity index (χ1v) is 6.87. The van der Waals surface area contributed by atoms with Crippen molar-refractivity contribution in [2.75, 3.05) is 0 Å². The highest BCUT2D eigenvalue weighted by Gasteiger charge is 2.40. The molecule has 0 aromatic heterocycles. The maximum Gasteiger partial charge on any atom is 0.336 e. The summed E-state index contributed by atoms with van der Waals surface area (Å²) in [6.45, 7) is 1.79. The lowest BCUT2D eigenvalue weighted by Gasteiger charge is -2.18. The Balaban J connectivity index is 0.000000446. The molecule has 2 atom stereocenters. The van der Waals surface area contributed by atoms with E-state index in [-0.39, 0.29) is 6.04 Å². The van der Waals surface area contributed by atoms with Crippen LogP contribution in [0.2, 0.25) is 0 Å². The molecule has 0 amide bonds. The van der Waals surface area contributed by atoms with Crippen molar-refractivity contribution in [2.24, 2.45) is 5.73 Å². The summed E-state index contributed by atoms with van der Waals surface area (Å²) in [5.74, 6) is -5.02. The Labute approximate surface area is 138 Å². The van der Waals surface area contributed by atoms with E-state index >= 15 is 0 Å². The van der Waals surface area contributed by atoms with Gasteiger partial charge in [0, 0.05) is 6.04 Å². The number of aliphatic hydroxyl groups is 2. The molecule has 1 aromatic carbocycles. The van der Waals surface area contributed by atoms with Gasteiger partial charge in [0.2, 0.25) is 0 Å². The fourth-order valence-electron chi connectivity index (χ4n) is 1.67. The number of hydrogen-bond acceptors (Lipinski definition) is 6. The van der Waals surface area contributed by atoms with Crippen LogP contribution in [0.25, 0.3) is 0 Å². The number of rotatable bonds is 7. The van der Waals surface area contributed by atoms with Gasteiger partial charge in [-0.25, -0.2) is 4.79 Å². The molecule has 9 heteroatoms. The van der Waals surface area contributed by atoms with Crippen LogP contribution in [0, 0.1) is 0 Å². The van der Waals surface area contributed by atoms with Crippen molar-refractivity contribution in [3.8, 4) is 0 Å². The first-order valence-electron chi connectivity index (χ1n) is 6.87. The highest BCUT2D eigenvalue weighted by Crippen LogP contribution is 2.16. The zero-order valence-electron chi connectivity index (χ0n) is 13.0. The molecule has 0 saturated heterocycles. The van der Waals surface area contributed by atoms with Crippen LogP contribution in [0.4, 0.5) is 0 Å². The predicted molar refractivity (Wildman–Crippen MR) is 82.1 cm³/mol. The lowest BCUT2D eigenvalue weighted by molar-refractivity contribution is -0.170. The molecule has 24 heavy (non-hydrogen) atoms. The molecule has 0 fully saturated rings. The number of carboxylic acids is 3. The minimum Gasteiger partial charge on any atom is -0.481 e. The van der Waals surface area contributed by atoms with E-state index in [1.807, 2.05) is 30.3 Å².